The van der Waals surface area contributed by atoms with Crippen molar-refractivity contribution in [1.29, 1.82) is 0 Å². The molecule has 0 fully saturated rings. The first kappa shape index (κ1) is 37.3. The molecule has 1 aliphatic rings. The van der Waals surface area contributed by atoms with E-state index in [1.165, 1.54) is 28.6 Å². The maximum Gasteiger partial charge on any atom is 0.331 e. The van der Waals surface area contributed by atoms with Gasteiger partial charge in [-0.2, -0.15) is 0 Å². The normalized spacial score (nSPS) is 12.1. The molecule has 11 nitrogen and oxygen atoms in total. The number of carbonyl (C=O) groups excluding carboxylic acids is 2. The van der Waals surface area contributed by atoms with Gasteiger partial charge in [-0.3, -0.25) is 4.79 Å². The largest absolute Gasteiger partial charge is 0.491 e. The number of rotatable bonds is 19. The third kappa shape index (κ3) is 15.1. The third-order valence-corrected chi connectivity index (χ3v) is 6.64. The van der Waals surface area contributed by atoms with Gasteiger partial charge in [-0.05, 0) is 80.6 Å². The van der Waals surface area contributed by atoms with Crippen molar-refractivity contribution < 1.29 is 43.2 Å². The van der Waals surface area contributed by atoms with Gasteiger partial charge >= 0.3 is 11.9 Å². The molecule has 2 N–H and O–H groups in total. The molecule has 0 spiro atoms. The van der Waals surface area contributed by atoms with Crippen molar-refractivity contribution in [3.05, 3.63) is 77.0 Å². The van der Waals surface area contributed by atoms with Crippen LogP contribution < -0.4 is 15.0 Å². The molecule has 2 aromatic rings. The van der Waals surface area contributed by atoms with Crippen LogP contribution >= 0.6 is 11.6 Å². The number of hydrogen-bond acceptors (Lipinski definition) is 10. The van der Waals surface area contributed by atoms with Crippen molar-refractivity contribution in [2.24, 2.45) is 0 Å². The number of carbonyl (C=O) groups is 3. The van der Waals surface area contributed by atoms with Crippen LogP contribution in [0.2, 0.25) is 5.02 Å². The Morgan fingerprint density at radius 1 is 1.00 bits per heavy atom. The van der Waals surface area contributed by atoms with Crippen LogP contribution in [0.4, 0.5) is 11.4 Å². The van der Waals surface area contributed by atoms with Crippen molar-refractivity contribution in [3.8, 4) is 5.75 Å². The number of aryl methyl sites for hydroxylation is 2. The molecule has 0 radical (unpaired) electrons. The molecule has 246 valence electrons. The number of halogens is 1. The summed E-state index contributed by atoms with van der Waals surface area (Å²) < 4.78 is 25.2. The molecule has 0 aromatic heterocycles. The van der Waals surface area contributed by atoms with Crippen LogP contribution in [0, 0.1) is 0 Å². The summed E-state index contributed by atoms with van der Waals surface area (Å²) in [7, 11) is 1.66. The molecule has 0 atom stereocenters. The van der Waals surface area contributed by atoms with Gasteiger partial charge in [0.05, 0.1) is 32.5 Å². The number of carboxylic acids is 1. The van der Waals surface area contributed by atoms with E-state index in [1.54, 1.807) is 20.1 Å². The number of nitrogens with one attached hydrogen (secondary N) is 1. The van der Waals surface area contributed by atoms with Gasteiger partial charge in [0.1, 0.15) is 18.6 Å². The van der Waals surface area contributed by atoms with E-state index in [1.807, 2.05) is 12.1 Å². The zero-order valence-electron chi connectivity index (χ0n) is 25.9. The fourth-order valence-corrected chi connectivity index (χ4v) is 4.56. The van der Waals surface area contributed by atoms with Crippen LogP contribution in [-0.2, 0) is 46.2 Å². The molecule has 0 bridgehead atoms. The van der Waals surface area contributed by atoms with E-state index < -0.39 is 5.97 Å². The van der Waals surface area contributed by atoms with Crippen LogP contribution in [0.3, 0.4) is 0 Å². The molecule has 3 rings (SSSR count). The SMILES string of the molecule is CCOC(=O)/C=C/CNCCCCN1c2ccc(OCCOCCOC)cc2CCc2ccc(Cl)cc21.O=CO/C=C\C(=O)O. The Morgan fingerprint density at radius 3 is 2.56 bits per heavy atom. The Morgan fingerprint density at radius 2 is 1.80 bits per heavy atom. The fourth-order valence-electron chi connectivity index (χ4n) is 4.40. The zero-order chi connectivity index (χ0) is 32.7. The monoisotopic (exact) mass is 646 g/mol. The molecule has 1 heterocycles. The van der Waals surface area contributed by atoms with Crippen molar-refractivity contribution in [2.75, 3.05) is 64.7 Å². The van der Waals surface area contributed by atoms with Gasteiger partial charge in [-0.15, -0.1) is 0 Å². The van der Waals surface area contributed by atoms with E-state index in [9.17, 15) is 14.4 Å². The molecule has 0 saturated heterocycles. The molecule has 1 aliphatic heterocycles. The molecule has 2 aromatic carbocycles. The van der Waals surface area contributed by atoms with Gasteiger partial charge in [-0.1, -0.05) is 23.7 Å². The second kappa shape index (κ2) is 22.6. The second-order valence-corrected chi connectivity index (χ2v) is 10.0. The highest BCUT2D eigenvalue weighted by molar-refractivity contribution is 6.30. The van der Waals surface area contributed by atoms with E-state index in [2.05, 4.69) is 39.2 Å². The summed E-state index contributed by atoms with van der Waals surface area (Å²) in [4.78, 5) is 32.7. The van der Waals surface area contributed by atoms with Crippen LogP contribution in [0.1, 0.15) is 30.9 Å². The van der Waals surface area contributed by atoms with E-state index in [4.69, 9.17) is 35.7 Å². The lowest BCUT2D eigenvalue weighted by Gasteiger charge is -2.27. The summed E-state index contributed by atoms with van der Waals surface area (Å²) in [5, 5.41) is 12.0. The Labute approximate surface area is 269 Å². The number of aliphatic carboxylic acids is 1. The maximum atomic E-state index is 11.4. The molecule has 45 heavy (non-hydrogen) atoms. The average molecular weight is 647 g/mol. The van der Waals surface area contributed by atoms with Crippen molar-refractivity contribution in [1.82, 2.24) is 5.32 Å². The highest BCUT2D eigenvalue weighted by Crippen LogP contribution is 2.39. The van der Waals surface area contributed by atoms with Crippen molar-refractivity contribution in [2.45, 2.75) is 32.6 Å². The lowest BCUT2D eigenvalue weighted by molar-refractivity contribution is -0.137. The van der Waals surface area contributed by atoms with E-state index in [0.717, 1.165) is 55.8 Å². The quantitative estimate of drug-likeness (QED) is 0.0712. The van der Waals surface area contributed by atoms with Gasteiger partial charge in [0.2, 0.25) is 0 Å². The maximum absolute atomic E-state index is 11.4. The average Bonchev–Trinajstić information content (AvgIpc) is 3.16. The summed E-state index contributed by atoms with van der Waals surface area (Å²) in [6.07, 6.45) is 8.69. The van der Waals surface area contributed by atoms with Crippen LogP contribution in [-0.4, -0.2) is 83.3 Å². The van der Waals surface area contributed by atoms with Gasteiger partial charge in [0.15, 0.2) is 0 Å². The molecule has 0 aliphatic carbocycles. The first-order chi connectivity index (χ1) is 21.9. The van der Waals surface area contributed by atoms with Crippen LogP contribution in [0.5, 0.6) is 5.75 Å². The lowest BCUT2D eigenvalue weighted by Crippen LogP contribution is -2.22. The predicted molar refractivity (Wildman–Crippen MR) is 172 cm³/mol. The summed E-state index contributed by atoms with van der Waals surface area (Å²) in [5.41, 5.74) is 4.95. The number of fused-ring (bicyclic) bond motifs is 2. The van der Waals surface area contributed by atoms with Gasteiger partial charge in [0, 0.05) is 42.7 Å². The first-order valence-corrected chi connectivity index (χ1v) is 15.2. The number of ether oxygens (including phenoxy) is 5. The molecule has 0 unspecified atom stereocenters. The zero-order valence-corrected chi connectivity index (χ0v) is 26.6. The molecule has 0 saturated carbocycles. The Kier molecular flexibility index (Phi) is 18.7. The number of hydrogen-bond donors (Lipinski definition) is 2. The first-order valence-electron chi connectivity index (χ1n) is 14.8. The second-order valence-electron chi connectivity index (χ2n) is 9.61. The number of carboxylic acid groups (broad SMARTS) is 1. The summed E-state index contributed by atoms with van der Waals surface area (Å²) >= 11 is 6.41. The van der Waals surface area contributed by atoms with Crippen molar-refractivity contribution >= 4 is 41.4 Å². The lowest BCUT2D eigenvalue weighted by atomic mass is 10.0. The summed E-state index contributed by atoms with van der Waals surface area (Å²) in [6, 6.07) is 12.5. The Hall–Kier alpha value is -3.90. The number of methoxy groups -OCH3 is 1. The van der Waals surface area contributed by atoms with Gasteiger partial charge in [0.25, 0.3) is 6.47 Å². The van der Waals surface area contributed by atoms with Crippen molar-refractivity contribution in [3.63, 3.8) is 0 Å². The topological polar surface area (TPSA) is 133 Å². The fraction of sp³-hybridized carbons (Fsp3) is 0.424. The van der Waals surface area contributed by atoms with Gasteiger partial charge < -0.3 is 39.0 Å². The summed E-state index contributed by atoms with van der Waals surface area (Å²) in [5.74, 6) is -0.588. The number of unbranched alkanes of at least 4 members (excludes halogenated alkanes) is 1. The third-order valence-electron chi connectivity index (χ3n) is 6.40. The Balaban J connectivity index is 0.000000777. The highest BCUT2D eigenvalue weighted by atomic mass is 35.5. The number of benzene rings is 2. The smallest absolute Gasteiger partial charge is 0.331 e. The summed E-state index contributed by atoms with van der Waals surface area (Å²) in [6.45, 7) is 6.92. The van der Waals surface area contributed by atoms with E-state index in [0.29, 0.717) is 45.7 Å². The minimum atomic E-state index is -1.15. The standard InChI is InChI=1S/C29H39ClN2O5.C4H4O4/c1-3-36-29(33)7-6-15-31-14-4-5-16-32-27-13-12-26(37-20-19-35-18-17-34-2)21-24(27)9-8-23-10-11-25(30)22-28(23)32;5-3-8-2-1-4(6)7/h6-7,10-13,21-22,31H,3-5,8-9,14-20H2,1-2H3;1-3H,(H,6,7)/b7-6+;2-1-. The number of nitrogens with zero attached hydrogens (tertiary/aromatic N) is 1. The number of esters is 1. The van der Waals surface area contributed by atoms with Gasteiger partial charge in [-0.25, -0.2) is 9.59 Å². The molecule has 12 heteroatoms. The minimum absolute atomic E-state index is 0.138. The molecular weight excluding hydrogens is 604 g/mol. The molecular formula is C33H43ClN2O9. The highest BCUT2D eigenvalue weighted by Gasteiger charge is 2.21. The predicted octanol–water partition coefficient (Wildman–Crippen LogP) is 4.87. The van der Waals surface area contributed by atoms with Crippen LogP contribution in [0.15, 0.2) is 60.9 Å². The Bertz CT molecular complexity index is 1250. The van der Waals surface area contributed by atoms with Crippen LogP contribution in [0.25, 0.3) is 0 Å². The minimum Gasteiger partial charge on any atom is -0.491 e. The molecule has 0 amide bonds. The number of anilines is 2. The van der Waals surface area contributed by atoms with E-state index >= 15 is 0 Å². The van der Waals surface area contributed by atoms with E-state index in [-0.39, 0.29) is 12.4 Å².